The molecule has 0 aliphatic carbocycles. The number of methoxy groups -OCH3 is 1. The van der Waals surface area contributed by atoms with Gasteiger partial charge in [0.25, 0.3) is 0 Å². The zero-order valence-electron chi connectivity index (χ0n) is 12.9. The molecule has 1 N–H and O–H groups in total. The summed E-state index contributed by atoms with van der Waals surface area (Å²) >= 11 is 7.01. The van der Waals surface area contributed by atoms with Gasteiger partial charge in [0.05, 0.1) is 18.6 Å². The van der Waals surface area contributed by atoms with Crippen molar-refractivity contribution in [3.8, 4) is 5.75 Å². The summed E-state index contributed by atoms with van der Waals surface area (Å²) in [7, 11) is 1.48. The number of rotatable bonds is 7. The van der Waals surface area contributed by atoms with E-state index in [2.05, 4.69) is 5.32 Å². The van der Waals surface area contributed by atoms with E-state index in [0.29, 0.717) is 16.5 Å². The van der Waals surface area contributed by atoms with E-state index in [1.165, 1.54) is 21.0 Å². The summed E-state index contributed by atoms with van der Waals surface area (Å²) in [6.45, 7) is 4.48. The number of hydrogen-bond acceptors (Lipinski definition) is 5. The second kappa shape index (κ2) is 8.19. The fourth-order valence-corrected chi connectivity index (χ4v) is 2.81. The lowest BCUT2D eigenvalue weighted by Gasteiger charge is -2.13. The van der Waals surface area contributed by atoms with Gasteiger partial charge in [-0.05, 0) is 32.4 Å². The van der Waals surface area contributed by atoms with E-state index in [-0.39, 0.29) is 23.2 Å². The molecule has 0 heterocycles. The second-order valence-corrected chi connectivity index (χ2v) is 6.26. The molecule has 0 aliphatic heterocycles. The Morgan fingerprint density at radius 2 is 1.86 bits per heavy atom. The van der Waals surface area contributed by atoms with E-state index in [1.807, 2.05) is 6.92 Å². The first-order valence-corrected chi connectivity index (χ1v) is 7.95. The maximum atomic E-state index is 12.0. The maximum absolute atomic E-state index is 12.0. The first-order chi connectivity index (χ1) is 10.3. The van der Waals surface area contributed by atoms with Crippen molar-refractivity contribution in [2.75, 3.05) is 18.2 Å². The third kappa shape index (κ3) is 5.03. The van der Waals surface area contributed by atoms with Crippen molar-refractivity contribution < 1.29 is 19.1 Å². The van der Waals surface area contributed by atoms with Crippen LogP contribution in [0.4, 0.5) is 5.69 Å². The van der Waals surface area contributed by atoms with Gasteiger partial charge in [-0.3, -0.25) is 14.4 Å². The van der Waals surface area contributed by atoms with Crippen molar-refractivity contribution in [3.05, 3.63) is 22.7 Å². The molecule has 0 saturated heterocycles. The highest BCUT2D eigenvalue weighted by Gasteiger charge is 2.21. The molecule has 0 spiro atoms. The number of ether oxygens (including phenoxy) is 1. The molecule has 0 saturated carbocycles. The Morgan fingerprint density at radius 3 is 2.36 bits per heavy atom. The van der Waals surface area contributed by atoms with Crippen LogP contribution in [0.15, 0.2) is 12.1 Å². The predicted octanol–water partition coefficient (Wildman–Crippen LogP) is 2.88. The van der Waals surface area contributed by atoms with Crippen LogP contribution in [0.3, 0.4) is 0 Å². The van der Waals surface area contributed by atoms with Crippen LogP contribution >= 0.6 is 23.4 Å². The Kier molecular flexibility index (Phi) is 6.90. The van der Waals surface area contributed by atoms with Crippen LogP contribution in [-0.4, -0.2) is 35.6 Å². The average Bonchev–Trinajstić information content (AvgIpc) is 2.41. The van der Waals surface area contributed by atoms with Crippen LogP contribution in [0.5, 0.6) is 5.75 Å². The van der Waals surface area contributed by atoms with Crippen LogP contribution in [0.1, 0.15) is 19.4 Å². The largest absolute Gasteiger partial charge is 0.495 e. The van der Waals surface area contributed by atoms with Gasteiger partial charge in [0.15, 0.2) is 0 Å². The quantitative estimate of drug-likeness (QED) is 0.771. The average molecular weight is 344 g/mol. The molecule has 0 atom stereocenters. The first kappa shape index (κ1) is 18.5. The van der Waals surface area contributed by atoms with Crippen LogP contribution in [0, 0.1) is 6.92 Å². The Balaban J connectivity index is 2.75. The van der Waals surface area contributed by atoms with Gasteiger partial charge in [0, 0.05) is 11.1 Å². The summed E-state index contributed by atoms with van der Waals surface area (Å²) < 4.78 is 5.17. The van der Waals surface area contributed by atoms with Gasteiger partial charge in [0.2, 0.25) is 5.91 Å². The first-order valence-electron chi connectivity index (χ1n) is 6.52. The molecule has 0 unspecified atom stereocenters. The maximum Gasteiger partial charge on any atom is 0.234 e. The summed E-state index contributed by atoms with van der Waals surface area (Å²) in [5.74, 6) is -0.397. The van der Waals surface area contributed by atoms with Gasteiger partial charge in [-0.15, -0.1) is 11.8 Å². The molecule has 0 aliphatic rings. The SMILES string of the molecule is COc1cc(Cl)c(C)cc1NC(=O)CSC(C(C)=O)C(C)=O. The van der Waals surface area contributed by atoms with Crippen molar-refractivity contribution in [1.82, 2.24) is 0 Å². The van der Waals surface area contributed by atoms with Gasteiger partial charge >= 0.3 is 0 Å². The fourth-order valence-electron chi connectivity index (χ4n) is 1.80. The number of carbonyl (C=O) groups excluding carboxylic acids is 3. The molecule has 1 amide bonds. The number of anilines is 1. The van der Waals surface area contributed by atoms with Gasteiger partial charge in [-0.1, -0.05) is 11.6 Å². The zero-order chi connectivity index (χ0) is 16.9. The lowest BCUT2D eigenvalue weighted by molar-refractivity contribution is -0.123. The summed E-state index contributed by atoms with van der Waals surface area (Å²) in [6, 6.07) is 3.32. The number of thioether (sulfide) groups is 1. The standard InChI is InChI=1S/C15H18ClNO4S/c1-8-5-12(13(21-4)6-11(8)16)17-14(20)7-22-15(9(2)18)10(3)19/h5-6,15H,7H2,1-4H3,(H,17,20). The molecule has 1 aromatic rings. The van der Waals surface area contributed by atoms with Crippen molar-refractivity contribution in [1.29, 1.82) is 0 Å². The molecule has 1 rings (SSSR count). The minimum atomic E-state index is -0.806. The number of carbonyl (C=O) groups is 3. The molecule has 120 valence electrons. The smallest absolute Gasteiger partial charge is 0.234 e. The van der Waals surface area contributed by atoms with E-state index in [0.717, 1.165) is 17.3 Å². The number of amides is 1. The number of aryl methyl sites for hydroxylation is 1. The number of halogens is 1. The molecule has 22 heavy (non-hydrogen) atoms. The zero-order valence-corrected chi connectivity index (χ0v) is 14.4. The molecular formula is C15H18ClNO4S. The highest BCUT2D eigenvalue weighted by Crippen LogP contribution is 2.31. The third-order valence-corrected chi connectivity index (χ3v) is 4.71. The molecule has 1 aromatic carbocycles. The molecule has 7 heteroatoms. The predicted molar refractivity (Wildman–Crippen MR) is 89.0 cm³/mol. The van der Waals surface area contributed by atoms with E-state index >= 15 is 0 Å². The van der Waals surface area contributed by atoms with Crippen LogP contribution in [0.25, 0.3) is 0 Å². The van der Waals surface area contributed by atoms with Crippen molar-refractivity contribution in [2.45, 2.75) is 26.0 Å². The topological polar surface area (TPSA) is 72.5 Å². The lowest BCUT2D eigenvalue weighted by Crippen LogP contribution is -2.25. The molecule has 0 aromatic heterocycles. The van der Waals surface area contributed by atoms with Gasteiger partial charge in [-0.2, -0.15) is 0 Å². The van der Waals surface area contributed by atoms with Gasteiger partial charge in [0.1, 0.15) is 22.6 Å². The monoisotopic (exact) mass is 343 g/mol. The van der Waals surface area contributed by atoms with E-state index < -0.39 is 5.25 Å². The Morgan fingerprint density at radius 1 is 1.27 bits per heavy atom. The number of nitrogens with one attached hydrogen (secondary N) is 1. The van der Waals surface area contributed by atoms with Crippen molar-refractivity contribution in [2.24, 2.45) is 0 Å². The van der Waals surface area contributed by atoms with Crippen molar-refractivity contribution in [3.63, 3.8) is 0 Å². The minimum Gasteiger partial charge on any atom is -0.495 e. The Labute approximate surface area is 138 Å². The van der Waals surface area contributed by atoms with Gasteiger partial charge < -0.3 is 10.1 Å². The molecule has 5 nitrogen and oxygen atoms in total. The van der Waals surface area contributed by atoms with E-state index in [4.69, 9.17) is 16.3 Å². The molecule has 0 radical (unpaired) electrons. The van der Waals surface area contributed by atoms with Crippen molar-refractivity contribution >= 4 is 46.5 Å². The summed E-state index contributed by atoms with van der Waals surface area (Å²) in [4.78, 5) is 34.6. The number of ketones is 2. The van der Waals surface area contributed by atoms with Gasteiger partial charge in [-0.25, -0.2) is 0 Å². The highest BCUT2D eigenvalue weighted by atomic mass is 35.5. The minimum absolute atomic E-state index is 0.00530. The molecule has 0 fully saturated rings. The number of hydrogen-bond donors (Lipinski definition) is 1. The highest BCUT2D eigenvalue weighted by molar-refractivity contribution is 8.02. The Hall–Kier alpha value is -1.53. The summed E-state index contributed by atoms with van der Waals surface area (Å²) in [6.07, 6.45) is 0. The van der Waals surface area contributed by atoms with Crippen LogP contribution < -0.4 is 10.1 Å². The van der Waals surface area contributed by atoms with E-state index in [9.17, 15) is 14.4 Å². The Bertz CT molecular complexity index is 589. The number of Topliss-reactive ketones (excluding diaryl/α,β-unsaturated/α-hetero) is 2. The molecular weight excluding hydrogens is 326 g/mol. The molecule has 0 bridgehead atoms. The number of benzene rings is 1. The van der Waals surface area contributed by atoms with Crippen LogP contribution in [0.2, 0.25) is 5.02 Å². The van der Waals surface area contributed by atoms with Crippen LogP contribution in [-0.2, 0) is 14.4 Å². The fraction of sp³-hybridized carbons (Fsp3) is 0.400. The normalized spacial score (nSPS) is 10.5. The summed E-state index contributed by atoms with van der Waals surface area (Å²) in [5, 5.41) is 2.43. The second-order valence-electron chi connectivity index (χ2n) is 4.76. The third-order valence-electron chi connectivity index (χ3n) is 2.87. The van der Waals surface area contributed by atoms with E-state index in [1.54, 1.807) is 12.1 Å². The summed E-state index contributed by atoms with van der Waals surface area (Å²) in [5.41, 5.74) is 1.30. The lowest BCUT2D eigenvalue weighted by atomic mass is 10.2.